The molecule has 32 heavy (non-hydrogen) atoms. The largest absolute Gasteiger partial charge is 0.444 e. The van der Waals surface area contributed by atoms with Gasteiger partial charge in [-0.3, -0.25) is 0 Å². The first kappa shape index (κ1) is 22.8. The predicted octanol–water partition coefficient (Wildman–Crippen LogP) is 5.78. The molecular weight excluding hydrogens is 396 g/mol. The number of hydrogen-bond donors (Lipinski definition) is 1. The Bertz CT molecular complexity index is 887. The molecule has 0 aromatic heterocycles. The summed E-state index contributed by atoms with van der Waals surface area (Å²) in [5.41, 5.74) is 2.37. The number of nitrogens with one attached hydrogen (secondary N) is 1. The number of nitrogens with zero attached hydrogens (tertiary/aromatic N) is 1. The summed E-state index contributed by atoms with van der Waals surface area (Å²) >= 11 is 0. The highest BCUT2D eigenvalue weighted by Gasteiger charge is 2.52. The van der Waals surface area contributed by atoms with E-state index in [9.17, 15) is 4.79 Å². The molecule has 0 unspecified atom stereocenters. The molecule has 1 N–H and O–H groups in total. The maximum atomic E-state index is 13.2. The second-order valence-corrected chi connectivity index (χ2v) is 10.9. The van der Waals surface area contributed by atoms with E-state index in [1.165, 1.54) is 24.0 Å². The average molecular weight is 435 g/mol. The highest BCUT2D eigenvalue weighted by atomic mass is 16.6. The molecule has 1 amide bonds. The zero-order chi connectivity index (χ0) is 22.8. The number of carbonyl (C=O) groups is 1. The van der Waals surface area contributed by atoms with Crippen LogP contribution in [0.25, 0.3) is 0 Å². The van der Waals surface area contributed by atoms with Crippen LogP contribution in [0.15, 0.2) is 60.7 Å². The molecule has 0 bridgehead atoms. The van der Waals surface area contributed by atoms with E-state index in [1.807, 2.05) is 31.7 Å². The van der Waals surface area contributed by atoms with E-state index in [0.29, 0.717) is 12.0 Å². The van der Waals surface area contributed by atoms with Crippen molar-refractivity contribution in [3.8, 4) is 0 Å². The van der Waals surface area contributed by atoms with Crippen LogP contribution in [0.2, 0.25) is 0 Å². The van der Waals surface area contributed by atoms with E-state index in [1.54, 1.807) is 0 Å². The van der Waals surface area contributed by atoms with Crippen molar-refractivity contribution in [2.75, 3.05) is 13.1 Å². The molecule has 2 saturated carbocycles. The average Bonchev–Trinajstić information content (AvgIpc) is 3.67. The van der Waals surface area contributed by atoms with Gasteiger partial charge in [0, 0.05) is 36.5 Å². The summed E-state index contributed by atoms with van der Waals surface area (Å²) in [5.74, 6) is 0.421. The molecule has 2 aliphatic carbocycles. The van der Waals surface area contributed by atoms with Gasteiger partial charge >= 0.3 is 6.09 Å². The molecular formula is C28H38N2O2. The molecule has 4 rings (SSSR count). The second-order valence-electron chi connectivity index (χ2n) is 10.9. The number of ether oxygens (including phenoxy) is 1. The first-order valence-corrected chi connectivity index (χ1v) is 12.1. The van der Waals surface area contributed by atoms with Crippen LogP contribution in [-0.4, -0.2) is 41.8 Å². The Balaban J connectivity index is 1.38. The van der Waals surface area contributed by atoms with Crippen molar-refractivity contribution in [2.45, 2.75) is 77.0 Å². The SMILES string of the molecule is C[C@H](Cc1ccccc1)NCC1(CN(C(=O)OC(C)(C)C)[C@@H]2C[C@H]2c2ccccc2)CC1. The standard InChI is InChI=1S/C28H38N2O2/c1-21(17-22-11-7-5-8-12-22)29-19-28(15-16-28)20-30(26(31)32-27(2,3)4)25-18-24(25)23-13-9-6-10-14-23/h5-14,21,24-25,29H,15-20H2,1-4H3/t21-,24+,25-/m1/s1. The summed E-state index contributed by atoms with van der Waals surface area (Å²) < 4.78 is 5.83. The molecule has 172 valence electrons. The van der Waals surface area contributed by atoms with E-state index in [-0.39, 0.29) is 17.6 Å². The van der Waals surface area contributed by atoms with E-state index < -0.39 is 5.60 Å². The number of amides is 1. The molecule has 2 aliphatic rings. The van der Waals surface area contributed by atoms with Crippen LogP contribution in [0.4, 0.5) is 4.79 Å². The van der Waals surface area contributed by atoms with Crippen LogP contribution >= 0.6 is 0 Å². The first-order chi connectivity index (χ1) is 15.2. The Morgan fingerprint density at radius 3 is 2.31 bits per heavy atom. The normalized spacial score (nSPS) is 22.1. The van der Waals surface area contributed by atoms with Gasteiger partial charge in [0.25, 0.3) is 0 Å². The van der Waals surface area contributed by atoms with Gasteiger partial charge in [0.1, 0.15) is 5.60 Å². The van der Waals surface area contributed by atoms with Gasteiger partial charge in [-0.25, -0.2) is 4.79 Å². The van der Waals surface area contributed by atoms with Crippen molar-refractivity contribution in [3.63, 3.8) is 0 Å². The molecule has 4 heteroatoms. The lowest BCUT2D eigenvalue weighted by molar-refractivity contribution is 0.0187. The minimum Gasteiger partial charge on any atom is -0.444 e. The number of hydrogen-bond acceptors (Lipinski definition) is 3. The molecule has 4 nitrogen and oxygen atoms in total. The van der Waals surface area contributed by atoms with E-state index in [0.717, 1.165) is 25.9 Å². The summed E-state index contributed by atoms with van der Waals surface area (Å²) in [5, 5.41) is 3.75. The summed E-state index contributed by atoms with van der Waals surface area (Å²) in [6, 6.07) is 21.9. The van der Waals surface area contributed by atoms with Gasteiger partial charge in [-0.05, 0) is 64.5 Å². The molecule has 0 spiro atoms. The third-order valence-corrected chi connectivity index (χ3v) is 6.69. The maximum Gasteiger partial charge on any atom is 0.410 e. The lowest BCUT2D eigenvalue weighted by atomic mass is 10.0. The lowest BCUT2D eigenvalue weighted by Crippen LogP contribution is -2.45. The van der Waals surface area contributed by atoms with E-state index in [4.69, 9.17) is 4.74 Å². The van der Waals surface area contributed by atoms with Gasteiger partial charge in [0.05, 0.1) is 0 Å². The van der Waals surface area contributed by atoms with Crippen LogP contribution in [0.1, 0.15) is 64.0 Å². The third-order valence-electron chi connectivity index (χ3n) is 6.69. The summed E-state index contributed by atoms with van der Waals surface area (Å²) in [7, 11) is 0. The fourth-order valence-corrected chi connectivity index (χ4v) is 4.58. The first-order valence-electron chi connectivity index (χ1n) is 12.1. The molecule has 3 atom stereocenters. The van der Waals surface area contributed by atoms with Crippen molar-refractivity contribution in [1.82, 2.24) is 10.2 Å². The summed E-state index contributed by atoms with van der Waals surface area (Å²) in [6.07, 6.45) is 4.22. The molecule has 2 aromatic rings. The van der Waals surface area contributed by atoms with Crippen LogP contribution in [0.3, 0.4) is 0 Å². The van der Waals surface area contributed by atoms with E-state index in [2.05, 4.69) is 66.8 Å². The third kappa shape index (κ3) is 6.13. The molecule has 2 aromatic carbocycles. The minimum absolute atomic E-state index is 0.162. The van der Waals surface area contributed by atoms with Crippen LogP contribution in [0.5, 0.6) is 0 Å². The highest BCUT2D eigenvalue weighted by molar-refractivity contribution is 5.69. The molecule has 2 fully saturated rings. The highest BCUT2D eigenvalue weighted by Crippen LogP contribution is 2.51. The minimum atomic E-state index is -0.481. The van der Waals surface area contributed by atoms with Gasteiger partial charge in [0.2, 0.25) is 0 Å². The van der Waals surface area contributed by atoms with Gasteiger partial charge in [-0.15, -0.1) is 0 Å². The molecule has 0 heterocycles. The topological polar surface area (TPSA) is 41.6 Å². The maximum absolute atomic E-state index is 13.2. The van der Waals surface area contributed by atoms with Gasteiger partial charge in [-0.2, -0.15) is 0 Å². The number of benzene rings is 2. The Labute approximate surface area is 193 Å². The Hall–Kier alpha value is -2.33. The fourth-order valence-electron chi connectivity index (χ4n) is 4.58. The van der Waals surface area contributed by atoms with Gasteiger partial charge in [0.15, 0.2) is 0 Å². The van der Waals surface area contributed by atoms with Gasteiger partial charge < -0.3 is 15.0 Å². The fraction of sp³-hybridized carbons (Fsp3) is 0.536. The van der Waals surface area contributed by atoms with Crippen molar-refractivity contribution in [3.05, 3.63) is 71.8 Å². The van der Waals surface area contributed by atoms with E-state index >= 15 is 0 Å². The van der Waals surface area contributed by atoms with Crippen molar-refractivity contribution < 1.29 is 9.53 Å². The summed E-state index contributed by atoms with van der Waals surface area (Å²) in [4.78, 5) is 15.2. The lowest BCUT2D eigenvalue weighted by Gasteiger charge is -2.31. The molecule has 0 saturated heterocycles. The summed E-state index contributed by atoms with van der Waals surface area (Å²) in [6.45, 7) is 9.82. The predicted molar refractivity (Wildman–Crippen MR) is 130 cm³/mol. The quantitative estimate of drug-likeness (QED) is 0.544. The second kappa shape index (κ2) is 9.27. The Morgan fingerprint density at radius 1 is 1.09 bits per heavy atom. The van der Waals surface area contributed by atoms with Gasteiger partial charge in [-0.1, -0.05) is 60.7 Å². The smallest absolute Gasteiger partial charge is 0.410 e. The van der Waals surface area contributed by atoms with Crippen molar-refractivity contribution >= 4 is 6.09 Å². The van der Waals surface area contributed by atoms with Crippen molar-refractivity contribution in [2.24, 2.45) is 5.41 Å². The zero-order valence-corrected chi connectivity index (χ0v) is 20.0. The monoisotopic (exact) mass is 434 g/mol. The van der Waals surface area contributed by atoms with Crippen LogP contribution < -0.4 is 5.32 Å². The Kier molecular flexibility index (Phi) is 6.62. The van der Waals surface area contributed by atoms with Crippen LogP contribution in [0, 0.1) is 5.41 Å². The Morgan fingerprint density at radius 2 is 1.72 bits per heavy atom. The van der Waals surface area contributed by atoms with Crippen molar-refractivity contribution in [1.29, 1.82) is 0 Å². The molecule has 0 aliphatic heterocycles. The number of rotatable bonds is 9. The zero-order valence-electron chi connectivity index (χ0n) is 20.0. The van der Waals surface area contributed by atoms with Crippen LogP contribution in [-0.2, 0) is 11.2 Å². The molecule has 0 radical (unpaired) electrons. The number of carbonyl (C=O) groups excluding carboxylic acids is 1.